The Kier molecular flexibility index (Phi) is 3.91. The van der Waals surface area contributed by atoms with Gasteiger partial charge >= 0.3 is 0 Å². The van der Waals surface area contributed by atoms with Gasteiger partial charge in [0.1, 0.15) is 0 Å². The highest BCUT2D eigenvalue weighted by Gasteiger charge is 2.33. The zero-order valence-electron chi connectivity index (χ0n) is 11.4. The minimum absolute atomic E-state index is 0.662. The summed E-state index contributed by atoms with van der Waals surface area (Å²) in [5.74, 6) is 1.84. The maximum absolute atomic E-state index is 3.63. The van der Waals surface area contributed by atoms with E-state index in [4.69, 9.17) is 0 Å². The Bertz CT molecular complexity index is 219. The van der Waals surface area contributed by atoms with E-state index < -0.39 is 0 Å². The fourth-order valence-electron chi connectivity index (χ4n) is 3.83. The quantitative estimate of drug-likeness (QED) is 0.736. The summed E-state index contributed by atoms with van der Waals surface area (Å²) in [6, 6.07) is 2.17. The minimum Gasteiger partial charge on any atom is -0.309 e. The van der Waals surface area contributed by atoms with Crippen LogP contribution in [0.25, 0.3) is 0 Å². The highest BCUT2D eigenvalue weighted by atomic mass is 15.2. The van der Waals surface area contributed by atoms with E-state index in [1.54, 1.807) is 0 Å². The van der Waals surface area contributed by atoms with E-state index in [1.807, 2.05) is 0 Å². The third-order valence-electron chi connectivity index (χ3n) is 4.44. The molecule has 2 fully saturated rings. The van der Waals surface area contributed by atoms with Crippen LogP contribution in [0, 0.1) is 11.8 Å². The first-order chi connectivity index (χ1) is 7.56. The molecule has 1 heterocycles. The largest absolute Gasteiger partial charge is 0.309 e. The van der Waals surface area contributed by atoms with Crippen LogP contribution in [0.3, 0.4) is 0 Å². The molecule has 1 saturated carbocycles. The molecule has 1 saturated heterocycles. The molecular formula is C14H28N2. The van der Waals surface area contributed by atoms with Gasteiger partial charge in [0.2, 0.25) is 0 Å². The molecule has 2 aliphatic rings. The molecule has 94 valence electrons. The Labute approximate surface area is 101 Å². The van der Waals surface area contributed by atoms with E-state index in [2.05, 4.69) is 37.9 Å². The first-order valence-electron chi connectivity index (χ1n) is 7.06. The van der Waals surface area contributed by atoms with E-state index >= 15 is 0 Å². The Morgan fingerprint density at radius 3 is 2.12 bits per heavy atom. The third-order valence-corrected chi connectivity index (χ3v) is 4.44. The summed E-state index contributed by atoms with van der Waals surface area (Å²) in [5, 5.41) is 3.63. The lowest BCUT2D eigenvalue weighted by Crippen LogP contribution is -2.58. The van der Waals surface area contributed by atoms with Gasteiger partial charge in [0.25, 0.3) is 0 Å². The summed E-state index contributed by atoms with van der Waals surface area (Å²) in [6.45, 7) is 12.0. The van der Waals surface area contributed by atoms with Crippen molar-refractivity contribution in [2.45, 2.75) is 65.1 Å². The molecule has 0 amide bonds. The second-order valence-corrected chi connectivity index (χ2v) is 6.39. The average Bonchev–Trinajstić information content (AvgIpc) is 2.15. The van der Waals surface area contributed by atoms with Crippen LogP contribution in [0.2, 0.25) is 0 Å². The van der Waals surface area contributed by atoms with Crippen molar-refractivity contribution in [1.82, 2.24) is 10.2 Å². The minimum atomic E-state index is 0.662. The lowest BCUT2D eigenvalue weighted by molar-refractivity contribution is 0.0560. The molecule has 5 unspecified atom stereocenters. The number of hydrogen-bond acceptors (Lipinski definition) is 2. The molecule has 2 nitrogen and oxygen atoms in total. The summed E-state index contributed by atoms with van der Waals surface area (Å²) in [7, 11) is 0. The fourth-order valence-corrected chi connectivity index (χ4v) is 3.83. The zero-order chi connectivity index (χ0) is 11.7. The number of rotatable bonds is 1. The summed E-state index contributed by atoms with van der Waals surface area (Å²) in [6.07, 6.45) is 4.28. The van der Waals surface area contributed by atoms with Gasteiger partial charge in [-0.15, -0.1) is 0 Å². The van der Waals surface area contributed by atoms with Crippen LogP contribution in [0.1, 0.15) is 47.0 Å². The maximum atomic E-state index is 3.63. The molecule has 0 aromatic rings. The highest BCUT2D eigenvalue weighted by molar-refractivity contribution is 4.89. The van der Waals surface area contributed by atoms with Crippen LogP contribution in [0.4, 0.5) is 0 Å². The predicted octanol–water partition coefficient (Wildman–Crippen LogP) is 2.49. The molecule has 16 heavy (non-hydrogen) atoms. The number of nitrogens with zero attached hydrogens (tertiary/aromatic N) is 1. The Morgan fingerprint density at radius 2 is 1.56 bits per heavy atom. The van der Waals surface area contributed by atoms with Crippen LogP contribution in [0.15, 0.2) is 0 Å². The molecule has 2 heteroatoms. The van der Waals surface area contributed by atoms with Gasteiger partial charge in [-0.3, -0.25) is 4.90 Å². The molecule has 0 aromatic heterocycles. The van der Waals surface area contributed by atoms with E-state index in [9.17, 15) is 0 Å². The monoisotopic (exact) mass is 224 g/mol. The van der Waals surface area contributed by atoms with Crippen molar-refractivity contribution in [2.75, 3.05) is 13.1 Å². The van der Waals surface area contributed by atoms with Gasteiger partial charge in [0, 0.05) is 31.2 Å². The summed E-state index contributed by atoms with van der Waals surface area (Å²) in [5.41, 5.74) is 0. The Hall–Kier alpha value is -0.0800. The molecule has 2 rings (SSSR count). The Morgan fingerprint density at radius 1 is 0.938 bits per heavy atom. The van der Waals surface area contributed by atoms with Crippen LogP contribution in [-0.4, -0.2) is 36.1 Å². The van der Waals surface area contributed by atoms with E-state index in [1.165, 1.54) is 32.4 Å². The second-order valence-electron chi connectivity index (χ2n) is 6.39. The van der Waals surface area contributed by atoms with Crippen LogP contribution in [-0.2, 0) is 0 Å². The normalized spacial score (nSPS) is 46.9. The third kappa shape index (κ3) is 2.78. The number of piperazine rings is 1. The standard InChI is InChI=1S/C14H28N2/c1-10-5-6-14(11(2)7-10)16-8-12(3)15-13(4)9-16/h10-15H,5-9H2,1-4H3. The molecule has 1 aliphatic heterocycles. The molecule has 5 atom stereocenters. The van der Waals surface area contributed by atoms with E-state index in [0.29, 0.717) is 12.1 Å². The zero-order valence-corrected chi connectivity index (χ0v) is 11.4. The van der Waals surface area contributed by atoms with Crippen LogP contribution in [0.5, 0.6) is 0 Å². The number of hydrogen-bond donors (Lipinski definition) is 1. The van der Waals surface area contributed by atoms with Gasteiger partial charge in [0.15, 0.2) is 0 Å². The van der Waals surface area contributed by atoms with Gasteiger partial charge in [0.05, 0.1) is 0 Å². The van der Waals surface area contributed by atoms with E-state index in [0.717, 1.165) is 17.9 Å². The van der Waals surface area contributed by atoms with Crippen molar-refractivity contribution >= 4 is 0 Å². The van der Waals surface area contributed by atoms with Crippen molar-refractivity contribution in [3.05, 3.63) is 0 Å². The first kappa shape index (κ1) is 12.4. The molecule has 0 spiro atoms. The van der Waals surface area contributed by atoms with Crippen molar-refractivity contribution in [1.29, 1.82) is 0 Å². The molecule has 0 radical (unpaired) electrons. The van der Waals surface area contributed by atoms with Gasteiger partial charge in [-0.1, -0.05) is 13.8 Å². The molecule has 1 aliphatic carbocycles. The van der Waals surface area contributed by atoms with E-state index in [-0.39, 0.29) is 0 Å². The van der Waals surface area contributed by atoms with Crippen LogP contribution >= 0.6 is 0 Å². The van der Waals surface area contributed by atoms with Crippen molar-refractivity contribution < 1.29 is 0 Å². The fraction of sp³-hybridized carbons (Fsp3) is 1.00. The maximum Gasteiger partial charge on any atom is 0.0169 e. The Balaban J connectivity index is 1.95. The van der Waals surface area contributed by atoms with Gasteiger partial charge in [-0.05, 0) is 44.9 Å². The van der Waals surface area contributed by atoms with Crippen LogP contribution < -0.4 is 5.32 Å². The SMILES string of the molecule is CC1CCC(N2CC(C)NC(C)C2)C(C)C1. The van der Waals surface area contributed by atoms with Gasteiger partial charge in [-0.2, -0.15) is 0 Å². The summed E-state index contributed by atoms with van der Waals surface area (Å²) >= 11 is 0. The smallest absolute Gasteiger partial charge is 0.0169 e. The van der Waals surface area contributed by atoms with Gasteiger partial charge < -0.3 is 5.32 Å². The molecular weight excluding hydrogens is 196 g/mol. The number of nitrogens with one attached hydrogen (secondary N) is 1. The molecule has 0 bridgehead atoms. The highest BCUT2D eigenvalue weighted by Crippen LogP contribution is 2.32. The van der Waals surface area contributed by atoms with Crippen molar-refractivity contribution in [3.8, 4) is 0 Å². The lowest BCUT2D eigenvalue weighted by Gasteiger charge is -2.45. The molecule has 1 N–H and O–H groups in total. The van der Waals surface area contributed by atoms with Crippen molar-refractivity contribution in [2.24, 2.45) is 11.8 Å². The van der Waals surface area contributed by atoms with Gasteiger partial charge in [-0.25, -0.2) is 0 Å². The topological polar surface area (TPSA) is 15.3 Å². The molecule has 0 aromatic carbocycles. The second kappa shape index (κ2) is 5.05. The average molecular weight is 224 g/mol. The summed E-state index contributed by atoms with van der Waals surface area (Å²) in [4.78, 5) is 2.75. The summed E-state index contributed by atoms with van der Waals surface area (Å²) < 4.78 is 0. The predicted molar refractivity (Wildman–Crippen MR) is 69.6 cm³/mol. The lowest BCUT2D eigenvalue weighted by atomic mass is 9.78. The first-order valence-corrected chi connectivity index (χ1v) is 7.06. The van der Waals surface area contributed by atoms with Crippen molar-refractivity contribution in [3.63, 3.8) is 0 Å².